The molecule has 0 aliphatic carbocycles. The molecule has 3 heterocycles. The predicted octanol–water partition coefficient (Wildman–Crippen LogP) is 6.91. The van der Waals surface area contributed by atoms with E-state index in [-0.39, 0.29) is 11.9 Å². The summed E-state index contributed by atoms with van der Waals surface area (Å²) >= 11 is 3.00. The van der Waals surface area contributed by atoms with Crippen LogP contribution in [0.15, 0.2) is 120 Å². The van der Waals surface area contributed by atoms with Crippen molar-refractivity contribution in [2.24, 2.45) is 0 Å². The number of thioether (sulfide) groups is 1. The fourth-order valence-electron chi connectivity index (χ4n) is 4.54. The molecule has 0 saturated heterocycles. The van der Waals surface area contributed by atoms with Crippen molar-refractivity contribution in [2.75, 3.05) is 0 Å². The average molecular weight is 575 g/mol. The van der Waals surface area contributed by atoms with Gasteiger partial charge in [0.1, 0.15) is 10.7 Å². The van der Waals surface area contributed by atoms with Crippen LogP contribution in [0.5, 0.6) is 0 Å². The third kappa shape index (κ3) is 5.96. The first kappa shape index (κ1) is 26.6. The molecule has 0 bridgehead atoms. The number of amides is 1. The van der Waals surface area contributed by atoms with E-state index >= 15 is 0 Å². The van der Waals surface area contributed by atoms with Crippen molar-refractivity contribution in [3.63, 3.8) is 0 Å². The highest BCUT2D eigenvalue weighted by Crippen LogP contribution is 2.31. The molecule has 202 valence electrons. The summed E-state index contributed by atoms with van der Waals surface area (Å²) in [5.74, 6) is 1.06. The maximum absolute atomic E-state index is 13.3. The Morgan fingerprint density at radius 1 is 0.902 bits per heavy atom. The summed E-state index contributed by atoms with van der Waals surface area (Å²) in [7, 11) is 0. The number of nitrogens with zero attached hydrogens (tertiary/aromatic N) is 5. The molecule has 0 saturated carbocycles. The Morgan fingerprint density at radius 3 is 2.29 bits per heavy atom. The topological polar surface area (TPSA) is 85.6 Å². The van der Waals surface area contributed by atoms with E-state index in [1.807, 2.05) is 90.3 Å². The van der Waals surface area contributed by atoms with Crippen molar-refractivity contribution in [1.82, 2.24) is 30.0 Å². The van der Waals surface area contributed by atoms with E-state index < -0.39 is 0 Å². The first-order valence-electron chi connectivity index (χ1n) is 13.1. The van der Waals surface area contributed by atoms with Crippen molar-refractivity contribution in [2.45, 2.75) is 23.9 Å². The van der Waals surface area contributed by atoms with E-state index in [0.717, 1.165) is 43.9 Å². The van der Waals surface area contributed by atoms with Crippen molar-refractivity contribution < 1.29 is 4.79 Å². The van der Waals surface area contributed by atoms with E-state index in [4.69, 9.17) is 0 Å². The summed E-state index contributed by atoms with van der Waals surface area (Å²) in [4.78, 5) is 22.3. The molecule has 9 heteroatoms. The minimum Gasteiger partial charge on any atom is -0.340 e. The second-order valence-corrected chi connectivity index (χ2v) is 11.2. The van der Waals surface area contributed by atoms with Gasteiger partial charge in [0.15, 0.2) is 11.0 Å². The number of aryl methyl sites for hydroxylation is 1. The highest BCUT2D eigenvalue weighted by atomic mass is 32.2. The maximum Gasteiger partial charge on any atom is 0.271 e. The van der Waals surface area contributed by atoms with E-state index in [1.165, 1.54) is 23.1 Å². The number of carbonyl (C=O) groups excluding carboxylic acids is 1. The lowest BCUT2D eigenvalue weighted by atomic mass is 9.98. The Hall–Kier alpha value is -4.60. The van der Waals surface area contributed by atoms with Gasteiger partial charge in [-0.25, -0.2) is 4.98 Å². The van der Waals surface area contributed by atoms with Gasteiger partial charge in [0.25, 0.3) is 5.91 Å². The minimum atomic E-state index is -0.275. The number of hydrogen-bond donors (Lipinski definition) is 1. The highest BCUT2D eigenvalue weighted by molar-refractivity contribution is 7.98. The lowest BCUT2D eigenvalue weighted by Gasteiger charge is -2.19. The molecule has 0 spiro atoms. The largest absolute Gasteiger partial charge is 0.340 e. The van der Waals surface area contributed by atoms with Crippen LogP contribution in [-0.2, 0) is 5.75 Å². The van der Waals surface area contributed by atoms with Gasteiger partial charge in [0.05, 0.1) is 17.5 Å². The Kier molecular flexibility index (Phi) is 7.97. The predicted molar refractivity (Wildman–Crippen MR) is 163 cm³/mol. The molecule has 0 atom stereocenters. The summed E-state index contributed by atoms with van der Waals surface area (Å²) in [5, 5.41) is 15.6. The van der Waals surface area contributed by atoms with Crippen molar-refractivity contribution in [1.29, 1.82) is 0 Å². The van der Waals surface area contributed by atoms with Gasteiger partial charge >= 0.3 is 0 Å². The Morgan fingerprint density at radius 2 is 1.61 bits per heavy atom. The molecule has 1 amide bonds. The Labute approximate surface area is 246 Å². The summed E-state index contributed by atoms with van der Waals surface area (Å²) in [6.45, 7) is 2.07. The van der Waals surface area contributed by atoms with Gasteiger partial charge in [0, 0.05) is 23.3 Å². The number of para-hydroxylation sites is 1. The van der Waals surface area contributed by atoms with Crippen LogP contribution in [0.3, 0.4) is 0 Å². The van der Waals surface area contributed by atoms with Crippen LogP contribution in [0.2, 0.25) is 0 Å². The van der Waals surface area contributed by atoms with Crippen molar-refractivity contribution in [3.05, 3.63) is 142 Å². The molecule has 7 nitrogen and oxygen atoms in total. The van der Waals surface area contributed by atoms with E-state index in [0.29, 0.717) is 11.4 Å². The van der Waals surface area contributed by atoms with Crippen LogP contribution in [-0.4, -0.2) is 30.6 Å². The standard InChI is InChI=1S/C32H26N6OS2/c1-22-11-8-9-17-27(22)38-30(25-16-10-18-33-19-25)36-37-32(38)41-21-28-34-26(20-40-28)31(39)35-29(23-12-4-2-5-13-23)24-14-6-3-7-15-24/h2-20,29H,21H2,1H3,(H,35,39). The first-order chi connectivity index (χ1) is 20.2. The fourth-order valence-corrected chi connectivity index (χ4v) is 6.28. The normalized spacial score (nSPS) is 11.1. The molecular weight excluding hydrogens is 549 g/mol. The summed E-state index contributed by atoms with van der Waals surface area (Å²) in [6, 6.07) is 31.7. The molecular formula is C32H26N6OS2. The summed E-state index contributed by atoms with van der Waals surface area (Å²) < 4.78 is 2.06. The molecule has 3 aromatic heterocycles. The van der Waals surface area contributed by atoms with E-state index in [9.17, 15) is 4.79 Å². The number of thiazole rings is 1. The second-order valence-electron chi connectivity index (χ2n) is 9.31. The molecule has 0 unspecified atom stereocenters. The van der Waals surface area contributed by atoms with Gasteiger partial charge in [-0.05, 0) is 41.8 Å². The number of aromatic nitrogens is 5. The number of rotatable bonds is 9. The zero-order valence-electron chi connectivity index (χ0n) is 22.2. The molecule has 0 radical (unpaired) electrons. The van der Waals surface area contributed by atoms with Gasteiger partial charge in [-0.1, -0.05) is 90.6 Å². The summed E-state index contributed by atoms with van der Waals surface area (Å²) in [6.07, 6.45) is 3.53. The Bertz CT molecular complexity index is 1710. The number of carbonyl (C=O) groups is 1. The third-order valence-electron chi connectivity index (χ3n) is 6.56. The van der Waals surface area contributed by atoms with Crippen LogP contribution >= 0.6 is 23.1 Å². The molecule has 6 rings (SSSR count). The molecule has 1 N–H and O–H groups in total. The number of hydrogen-bond acceptors (Lipinski definition) is 7. The van der Waals surface area contributed by atoms with Crippen LogP contribution in [0, 0.1) is 6.92 Å². The van der Waals surface area contributed by atoms with E-state index in [1.54, 1.807) is 12.4 Å². The number of pyridine rings is 1. The lowest BCUT2D eigenvalue weighted by Crippen LogP contribution is -2.29. The van der Waals surface area contributed by atoms with Gasteiger partial charge in [0.2, 0.25) is 0 Å². The quantitative estimate of drug-likeness (QED) is 0.189. The smallest absolute Gasteiger partial charge is 0.271 e. The second kappa shape index (κ2) is 12.3. The third-order valence-corrected chi connectivity index (χ3v) is 8.53. The van der Waals surface area contributed by atoms with Crippen LogP contribution in [0.25, 0.3) is 17.1 Å². The maximum atomic E-state index is 13.3. The van der Waals surface area contributed by atoms with Crippen LogP contribution < -0.4 is 5.32 Å². The van der Waals surface area contributed by atoms with Gasteiger partial charge in [-0.15, -0.1) is 21.5 Å². The SMILES string of the molecule is Cc1ccccc1-n1c(SCc2nc(C(=O)NC(c3ccccc3)c3ccccc3)cs2)nnc1-c1cccnc1. The highest BCUT2D eigenvalue weighted by Gasteiger charge is 2.21. The molecule has 0 aliphatic rings. The fraction of sp³-hybridized carbons (Fsp3) is 0.0938. The minimum absolute atomic E-state index is 0.211. The summed E-state index contributed by atoms with van der Waals surface area (Å²) in [5.41, 5.74) is 5.43. The molecule has 0 aliphatic heterocycles. The van der Waals surface area contributed by atoms with Gasteiger partial charge in [-0.2, -0.15) is 0 Å². The zero-order valence-corrected chi connectivity index (χ0v) is 23.8. The monoisotopic (exact) mass is 574 g/mol. The molecule has 0 fully saturated rings. The molecule has 3 aromatic carbocycles. The number of nitrogens with one attached hydrogen (secondary N) is 1. The van der Waals surface area contributed by atoms with Gasteiger partial charge < -0.3 is 5.32 Å². The molecule has 41 heavy (non-hydrogen) atoms. The lowest BCUT2D eigenvalue weighted by molar-refractivity contribution is 0.0938. The van der Waals surface area contributed by atoms with Gasteiger partial charge in [-0.3, -0.25) is 14.3 Å². The Balaban J connectivity index is 1.22. The average Bonchev–Trinajstić information content (AvgIpc) is 3.68. The molecule has 6 aromatic rings. The van der Waals surface area contributed by atoms with Crippen molar-refractivity contribution >= 4 is 29.0 Å². The van der Waals surface area contributed by atoms with Crippen molar-refractivity contribution in [3.8, 4) is 17.1 Å². The van der Waals surface area contributed by atoms with Crippen LogP contribution in [0.1, 0.15) is 38.2 Å². The number of benzene rings is 3. The van der Waals surface area contributed by atoms with Crippen LogP contribution in [0.4, 0.5) is 0 Å². The zero-order chi connectivity index (χ0) is 28.0. The van der Waals surface area contributed by atoms with E-state index in [2.05, 4.69) is 49.1 Å². The first-order valence-corrected chi connectivity index (χ1v) is 14.9.